The SMILES string of the molecule is C=CCN(CC=C)c1ccc(Cc2ccc(N(CC=C)CC=C)cc2Br)cc1.C=CCN(CC=C)c1ccc(Cc2ccc(N(CC=C)CC=C)cc2C(C)(C)O)cc1. The largest absolute Gasteiger partial charge is 0.386 e. The van der Waals surface area contributed by atoms with Gasteiger partial charge in [-0.25, -0.2) is 0 Å². The van der Waals surface area contributed by atoms with E-state index in [0.29, 0.717) is 0 Å². The second-order valence-corrected chi connectivity index (χ2v) is 15.6. The van der Waals surface area contributed by atoms with Gasteiger partial charge in [-0.05, 0) is 103 Å². The first-order valence-electron chi connectivity index (χ1n) is 20.2. The van der Waals surface area contributed by atoms with Gasteiger partial charge in [0.1, 0.15) is 0 Å². The van der Waals surface area contributed by atoms with Crippen molar-refractivity contribution in [2.75, 3.05) is 72.0 Å². The molecule has 0 spiro atoms. The Hall–Kier alpha value is -5.56. The van der Waals surface area contributed by atoms with Crippen molar-refractivity contribution in [3.8, 4) is 0 Å². The van der Waals surface area contributed by atoms with Crippen molar-refractivity contribution in [2.24, 2.45) is 0 Å². The summed E-state index contributed by atoms with van der Waals surface area (Å²) < 4.78 is 1.12. The van der Waals surface area contributed by atoms with Crippen LogP contribution in [0.4, 0.5) is 22.7 Å². The molecule has 1 N–H and O–H groups in total. The van der Waals surface area contributed by atoms with Gasteiger partial charge in [-0.1, -0.05) is 101 Å². The smallest absolute Gasteiger partial charge is 0.0844 e. The van der Waals surface area contributed by atoms with E-state index in [9.17, 15) is 5.11 Å². The predicted octanol–water partition coefficient (Wildman–Crippen LogP) is 12.3. The average molecular weight is 854 g/mol. The molecule has 0 radical (unpaired) electrons. The normalized spacial score (nSPS) is 10.6. The summed E-state index contributed by atoms with van der Waals surface area (Å²) in [5.41, 5.74) is 9.41. The van der Waals surface area contributed by atoms with Crippen LogP contribution in [0.3, 0.4) is 0 Å². The fourth-order valence-corrected chi connectivity index (χ4v) is 7.35. The first-order chi connectivity index (χ1) is 28.5. The second-order valence-electron chi connectivity index (χ2n) is 14.8. The molecule has 0 fully saturated rings. The third-order valence-corrected chi connectivity index (χ3v) is 10.4. The van der Waals surface area contributed by atoms with Gasteiger partial charge in [-0.15, -0.1) is 52.6 Å². The number of hydrogen-bond donors (Lipinski definition) is 1. The van der Waals surface area contributed by atoms with E-state index in [0.717, 1.165) is 97.9 Å². The highest BCUT2D eigenvalue weighted by Crippen LogP contribution is 2.31. The monoisotopic (exact) mass is 852 g/mol. The molecule has 4 rings (SSSR count). The first kappa shape index (κ1) is 47.8. The lowest BCUT2D eigenvalue weighted by atomic mass is 9.89. The molecule has 59 heavy (non-hydrogen) atoms. The summed E-state index contributed by atoms with van der Waals surface area (Å²) in [5, 5.41) is 10.9. The topological polar surface area (TPSA) is 33.2 Å². The average Bonchev–Trinajstić information content (AvgIpc) is 3.22. The van der Waals surface area contributed by atoms with Gasteiger partial charge in [0.2, 0.25) is 0 Å². The summed E-state index contributed by atoms with van der Waals surface area (Å²) in [4.78, 5) is 8.87. The molecule has 0 aliphatic carbocycles. The number of benzene rings is 4. The number of nitrogens with zero attached hydrogens (tertiary/aromatic N) is 4. The van der Waals surface area contributed by atoms with E-state index >= 15 is 0 Å². The van der Waals surface area contributed by atoms with Gasteiger partial charge in [0.05, 0.1) is 5.60 Å². The summed E-state index contributed by atoms with van der Waals surface area (Å²) in [7, 11) is 0. The van der Waals surface area contributed by atoms with Gasteiger partial charge < -0.3 is 24.7 Å². The van der Waals surface area contributed by atoms with Crippen LogP contribution in [0.1, 0.15) is 41.7 Å². The highest BCUT2D eigenvalue weighted by molar-refractivity contribution is 9.10. The van der Waals surface area contributed by atoms with Crippen LogP contribution in [-0.2, 0) is 18.4 Å². The van der Waals surface area contributed by atoms with Crippen LogP contribution in [0.15, 0.2) is 191 Å². The Morgan fingerprint density at radius 1 is 0.441 bits per heavy atom. The number of rotatable bonds is 25. The fraction of sp³-hybridized carbons (Fsp3) is 0.245. The minimum absolute atomic E-state index is 0.726. The molecular formula is C53H65BrN4O. The highest BCUT2D eigenvalue weighted by Gasteiger charge is 2.22. The van der Waals surface area contributed by atoms with Gasteiger partial charge in [0.25, 0.3) is 0 Å². The van der Waals surface area contributed by atoms with Gasteiger partial charge in [-0.2, -0.15) is 0 Å². The van der Waals surface area contributed by atoms with E-state index in [1.165, 1.54) is 22.4 Å². The van der Waals surface area contributed by atoms with Gasteiger partial charge >= 0.3 is 0 Å². The van der Waals surface area contributed by atoms with E-state index in [4.69, 9.17) is 0 Å². The lowest BCUT2D eigenvalue weighted by molar-refractivity contribution is 0.0778. The summed E-state index contributed by atoms with van der Waals surface area (Å²) >= 11 is 3.75. The zero-order valence-electron chi connectivity index (χ0n) is 35.5. The highest BCUT2D eigenvalue weighted by atomic mass is 79.9. The molecule has 4 aromatic rings. The van der Waals surface area contributed by atoms with E-state index in [1.807, 2.05) is 62.5 Å². The third-order valence-electron chi connectivity index (χ3n) is 9.71. The Morgan fingerprint density at radius 2 is 0.729 bits per heavy atom. The third kappa shape index (κ3) is 15.0. The molecule has 0 amide bonds. The Kier molecular flexibility index (Phi) is 20.3. The molecule has 0 aliphatic rings. The van der Waals surface area contributed by atoms with Crippen LogP contribution in [-0.4, -0.2) is 57.5 Å². The Labute approximate surface area is 364 Å². The molecule has 6 heteroatoms. The molecule has 0 atom stereocenters. The quantitative estimate of drug-likeness (QED) is 0.0672. The van der Waals surface area contributed by atoms with Gasteiger partial charge in [-0.3, -0.25) is 0 Å². The minimum atomic E-state index is -0.940. The van der Waals surface area contributed by atoms with Crippen molar-refractivity contribution in [3.63, 3.8) is 0 Å². The Bertz CT molecular complexity index is 1950. The molecule has 0 unspecified atom stereocenters. The number of anilines is 4. The molecule has 0 bridgehead atoms. The zero-order chi connectivity index (χ0) is 43.2. The number of aliphatic hydroxyl groups is 1. The van der Waals surface area contributed by atoms with E-state index < -0.39 is 5.60 Å². The van der Waals surface area contributed by atoms with Crippen LogP contribution >= 0.6 is 15.9 Å². The first-order valence-corrected chi connectivity index (χ1v) is 20.9. The summed E-state index contributed by atoms with van der Waals surface area (Å²) in [6.45, 7) is 40.7. The summed E-state index contributed by atoms with van der Waals surface area (Å²) in [6.07, 6.45) is 16.8. The van der Waals surface area contributed by atoms with Crippen molar-refractivity contribution < 1.29 is 5.11 Å². The maximum absolute atomic E-state index is 10.9. The fourth-order valence-electron chi connectivity index (χ4n) is 6.84. The standard InChI is InChI=1S/C28H36N2O.C25H29BrN2/c1-7-17-29(18-8-2)25-14-11-23(12-15-25)21-24-13-16-26(22-27(24)28(5,6)31)30(19-9-3)20-10-4;1-5-15-27(16-6-2)23-12-9-21(10-13-23)19-22-11-14-24(20-25(22)26)28(17-7-3)18-8-4/h7-16,22,31H,1-4,17-21H2,5-6H3;5-14,20H,1-4,15-19H2. The van der Waals surface area contributed by atoms with Crippen molar-refractivity contribution in [2.45, 2.75) is 32.3 Å². The molecule has 0 aromatic heterocycles. The van der Waals surface area contributed by atoms with Crippen molar-refractivity contribution in [1.29, 1.82) is 0 Å². The maximum Gasteiger partial charge on any atom is 0.0844 e. The second kappa shape index (κ2) is 25.0. The lowest BCUT2D eigenvalue weighted by Crippen LogP contribution is -2.25. The summed E-state index contributed by atoms with van der Waals surface area (Å²) in [5.74, 6) is 0. The van der Waals surface area contributed by atoms with Crippen molar-refractivity contribution >= 4 is 38.7 Å². The molecule has 0 saturated carbocycles. The summed E-state index contributed by atoms with van der Waals surface area (Å²) in [6, 6.07) is 30.1. The molecule has 310 valence electrons. The molecule has 5 nitrogen and oxygen atoms in total. The molecular weight excluding hydrogens is 789 g/mol. The molecule has 4 aromatic carbocycles. The van der Waals surface area contributed by atoms with Crippen molar-refractivity contribution in [1.82, 2.24) is 0 Å². The lowest BCUT2D eigenvalue weighted by Gasteiger charge is -2.27. The molecule has 0 heterocycles. The maximum atomic E-state index is 10.9. The predicted molar refractivity (Wildman–Crippen MR) is 265 cm³/mol. The van der Waals surface area contributed by atoms with Crippen LogP contribution in [0.2, 0.25) is 0 Å². The van der Waals surface area contributed by atoms with Crippen molar-refractivity contribution in [3.05, 3.63) is 218 Å². The minimum Gasteiger partial charge on any atom is -0.386 e. The Morgan fingerprint density at radius 3 is 1.05 bits per heavy atom. The number of halogens is 1. The van der Waals surface area contributed by atoms with Gasteiger partial charge in [0, 0.05) is 79.6 Å². The van der Waals surface area contributed by atoms with Crippen LogP contribution in [0, 0.1) is 0 Å². The van der Waals surface area contributed by atoms with E-state index in [1.54, 1.807) is 0 Å². The van der Waals surface area contributed by atoms with Crippen LogP contribution in [0.5, 0.6) is 0 Å². The van der Waals surface area contributed by atoms with E-state index in [2.05, 4.69) is 173 Å². The van der Waals surface area contributed by atoms with Crippen LogP contribution < -0.4 is 19.6 Å². The molecule has 0 saturated heterocycles. The van der Waals surface area contributed by atoms with E-state index in [-0.39, 0.29) is 0 Å². The Balaban J connectivity index is 0.000000317. The van der Waals surface area contributed by atoms with Crippen LogP contribution in [0.25, 0.3) is 0 Å². The zero-order valence-corrected chi connectivity index (χ0v) is 37.1. The molecule has 0 aliphatic heterocycles. The number of hydrogen-bond acceptors (Lipinski definition) is 5. The van der Waals surface area contributed by atoms with Gasteiger partial charge in [0.15, 0.2) is 0 Å².